The maximum absolute atomic E-state index is 11.7. The molecule has 0 saturated carbocycles. The van der Waals surface area contributed by atoms with Crippen LogP contribution >= 0.6 is 0 Å². The van der Waals surface area contributed by atoms with Crippen LogP contribution in [0, 0.1) is 11.3 Å². The van der Waals surface area contributed by atoms with Crippen molar-refractivity contribution in [3.05, 3.63) is 66.2 Å². The van der Waals surface area contributed by atoms with Crippen molar-refractivity contribution in [1.29, 1.82) is 0 Å². The van der Waals surface area contributed by atoms with Crippen LogP contribution in [0.5, 0.6) is 5.75 Å². The number of aliphatic hydroxyl groups excluding tert-OH is 2. The summed E-state index contributed by atoms with van der Waals surface area (Å²) in [6.07, 6.45) is -0.419. The lowest BCUT2D eigenvalue weighted by molar-refractivity contribution is -0.129. The number of ether oxygens (including phenoxy) is 1. The van der Waals surface area contributed by atoms with E-state index in [2.05, 4.69) is 0 Å². The van der Waals surface area contributed by atoms with Crippen LogP contribution in [0.25, 0.3) is 0 Å². The number of Topliss-reactive ketones (excluding diaryl/α,β-unsaturated/α-hetero) is 1. The zero-order valence-electron chi connectivity index (χ0n) is 16.3. The Kier molecular flexibility index (Phi) is 8.85. The molecule has 0 aliphatic carbocycles. The largest absolute Gasteiger partial charge is 0.421 e. The van der Waals surface area contributed by atoms with Crippen molar-refractivity contribution in [2.75, 3.05) is 6.61 Å². The molecule has 1 unspecified atom stereocenters. The van der Waals surface area contributed by atoms with E-state index < -0.39 is 17.9 Å². The van der Waals surface area contributed by atoms with Crippen LogP contribution < -0.4 is 4.74 Å². The van der Waals surface area contributed by atoms with E-state index in [1.165, 1.54) is 0 Å². The predicted octanol–water partition coefficient (Wildman–Crippen LogP) is 3.50. The first kappa shape index (κ1) is 22.5. The summed E-state index contributed by atoms with van der Waals surface area (Å²) < 4.78 is 4.94. The summed E-state index contributed by atoms with van der Waals surface area (Å²) in [4.78, 5) is 23.2. The number of rotatable bonds is 6. The first-order chi connectivity index (χ1) is 12.7. The molecule has 0 heterocycles. The highest BCUT2D eigenvalue weighted by atomic mass is 16.5. The molecule has 2 N–H and O–H groups in total. The second-order valence-electron chi connectivity index (χ2n) is 7.23. The van der Waals surface area contributed by atoms with Gasteiger partial charge in [-0.1, -0.05) is 76.2 Å². The predicted molar refractivity (Wildman–Crippen MR) is 105 cm³/mol. The van der Waals surface area contributed by atoms with Gasteiger partial charge in [0.2, 0.25) is 0 Å². The summed E-state index contributed by atoms with van der Waals surface area (Å²) >= 11 is 0. The lowest BCUT2D eigenvalue weighted by Crippen LogP contribution is -2.36. The molecule has 2 rings (SSSR count). The lowest BCUT2D eigenvalue weighted by Gasteiger charge is -2.30. The molecule has 0 saturated heterocycles. The molecule has 1 atom stereocenters. The highest BCUT2D eigenvalue weighted by Crippen LogP contribution is 2.24. The normalized spacial score (nSPS) is 12.0. The van der Waals surface area contributed by atoms with Crippen molar-refractivity contribution in [1.82, 2.24) is 0 Å². The van der Waals surface area contributed by atoms with Crippen LogP contribution in [0.1, 0.15) is 38.1 Å². The van der Waals surface area contributed by atoms with Crippen LogP contribution in [-0.2, 0) is 4.79 Å². The Morgan fingerprint density at radius 2 is 1.44 bits per heavy atom. The van der Waals surface area contributed by atoms with E-state index in [1.54, 1.807) is 60.7 Å². The van der Waals surface area contributed by atoms with Gasteiger partial charge in [0.25, 0.3) is 5.78 Å². The van der Waals surface area contributed by atoms with Gasteiger partial charge >= 0.3 is 5.97 Å². The molecule has 27 heavy (non-hydrogen) atoms. The zero-order valence-corrected chi connectivity index (χ0v) is 16.3. The monoisotopic (exact) mass is 372 g/mol. The van der Waals surface area contributed by atoms with Gasteiger partial charge in [-0.15, -0.1) is 0 Å². The van der Waals surface area contributed by atoms with Crippen molar-refractivity contribution in [2.24, 2.45) is 11.3 Å². The molecule has 5 heteroatoms. The summed E-state index contributed by atoms with van der Waals surface area (Å²) in [5, 5.41) is 18.3. The summed E-state index contributed by atoms with van der Waals surface area (Å²) in [6, 6.07) is 16.8. The van der Waals surface area contributed by atoms with E-state index in [4.69, 9.17) is 9.84 Å². The fourth-order valence-electron chi connectivity index (χ4n) is 2.35. The molecule has 0 aliphatic rings. The summed E-state index contributed by atoms with van der Waals surface area (Å²) in [5.41, 5.74) is -0.0396. The van der Waals surface area contributed by atoms with Crippen LogP contribution in [0.2, 0.25) is 0 Å². The maximum atomic E-state index is 11.7. The average molecular weight is 372 g/mol. The minimum absolute atomic E-state index is 0.0341. The highest BCUT2D eigenvalue weighted by Gasteiger charge is 2.28. The van der Waals surface area contributed by atoms with Crippen LogP contribution in [-0.4, -0.2) is 34.7 Å². The Bertz CT molecular complexity index is 708. The number of carbonyl (C=O) groups is 2. The standard InChI is InChI=1S/C14H10O3.C8H18O2/c15-13(11-7-3-1-4-8-11)14(16)17-12-9-5-2-6-10-12;1-6(2)7(10)8(3,4)5-9/h1-10H;6-7,9-10H,5H2,1-4H3. The molecule has 2 aromatic carbocycles. The van der Waals surface area contributed by atoms with Crippen molar-refractivity contribution >= 4 is 11.8 Å². The van der Waals surface area contributed by atoms with E-state index in [0.29, 0.717) is 11.3 Å². The van der Waals surface area contributed by atoms with E-state index >= 15 is 0 Å². The van der Waals surface area contributed by atoms with Crippen molar-refractivity contribution in [3.8, 4) is 5.75 Å². The first-order valence-electron chi connectivity index (χ1n) is 8.84. The Morgan fingerprint density at radius 3 is 1.85 bits per heavy atom. The molecular formula is C22H28O5. The van der Waals surface area contributed by atoms with Gasteiger partial charge in [-0.05, 0) is 18.1 Å². The first-order valence-corrected chi connectivity index (χ1v) is 8.84. The van der Waals surface area contributed by atoms with Gasteiger partial charge in [0.05, 0.1) is 12.7 Å². The quantitative estimate of drug-likeness (QED) is 0.351. The third-order valence-electron chi connectivity index (χ3n) is 4.01. The van der Waals surface area contributed by atoms with E-state index in [0.717, 1.165) is 0 Å². The molecule has 5 nitrogen and oxygen atoms in total. The van der Waals surface area contributed by atoms with Crippen LogP contribution in [0.4, 0.5) is 0 Å². The molecular weight excluding hydrogens is 344 g/mol. The van der Waals surface area contributed by atoms with E-state index in [9.17, 15) is 14.7 Å². The fourth-order valence-corrected chi connectivity index (χ4v) is 2.35. The van der Waals surface area contributed by atoms with Crippen LogP contribution in [0.15, 0.2) is 60.7 Å². The Labute approximate surface area is 160 Å². The van der Waals surface area contributed by atoms with E-state index in [-0.39, 0.29) is 17.9 Å². The minimum Gasteiger partial charge on any atom is -0.421 e. The molecule has 2 aromatic rings. The topological polar surface area (TPSA) is 83.8 Å². The number of hydrogen-bond donors (Lipinski definition) is 2. The van der Waals surface area contributed by atoms with Gasteiger partial charge in [-0.2, -0.15) is 0 Å². The molecule has 0 radical (unpaired) electrons. The fraction of sp³-hybridized carbons (Fsp3) is 0.364. The van der Waals surface area contributed by atoms with Crippen molar-refractivity contribution in [3.63, 3.8) is 0 Å². The van der Waals surface area contributed by atoms with Crippen molar-refractivity contribution in [2.45, 2.75) is 33.8 Å². The molecule has 0 bridgehead atoms. The third kappa shape index (κ3) is 7.33. The van der Waals surface area contributed by atoms with Gasteiger partial charge in [0.1, 0.15) is 5.75 Å². The molecule has 0 fully saturated rings. The van der Waals surface area contributed by atoms with Gasteiger partial charge < -0.3 is 14.9 Å². The van der Waals surface area contributed by atoms with Crippen molar-refractivity contribution < 1.29 is 24.5 Å². The number of aliphatic hydroxyl groups is 2. The highest BCUT2D eigenvalue weighted by molar-refractivity contribution is 6.41. The maximum Gasteiger partial charge on any atom is 0.385 e. The van der Waals surface area contributed by atoms with Gasteiger partial charge in [0, 0.05) is 11.0 Å². The molecule has 0 spiro atoms. The number of carbonyl (C=O) groups excluding carboxylic acids is 2. The Morgan fingerprint density at radius 1 is 0.963 bits per heavy atom. The summed E-state index contributed by atoms with van der Waals surface area (Å²) in [6.45, 7) is 7.64. The minimum atomic E-state index is -0.873. The summed E-state index contributed by atoms with van der Waals surface area (Å²) in [5.74, 6) is -0.944. The second kappa shape index (κ2) is 10.6. The van der Waals surface area contributed by atoms with Gasteiger partial charge in [-0.25, -0.2) is 4.79 Å². The number of esters is 1. The molecule has 0 aliphatic heterocycles. The van der Waals surface area contributed by atoms with Gasteiger partial charge in [-0.3, -0.25) is 4.79 Å². The number of para-hydroxylation sites is 1. The Hall–Kier alpha value is -2.50. The average Bonchev–Trinajstić information content (AvgIpc) is 2.68. The number of ketones is 1. The van der Waals surface area contributed by atoms with Crippen LogP contribution in [0.3, 0.4) is 0 Å². The number of hydrogen-bond acceptors (Lipinski definition) is 5. The SMILES string of the molecule is CC(C)C(O)C(C)(C)CO.O=C(Oc1ccccc1)C(=O)c1ccccc1. The molecule has 0 aromatic heterocycles. The Balaban J connectivity index is 0.000000314. The third-order valence-corrected chi connectivity index (χ3v) is 4.01. The smallest absolute Gasteiger partial charge is 0.385 e. The second-order valence-corrected chi connectivity index (χ2v) is 7.23. The number of benzene rings is 2. The zero-order chi connectivity index (χ0) is 20.4. The lowest BCUT2D eigenvalue weighted by atomic mass is 9.82. The molecule has 146 valence electrons. The molecule has 0 amide bonds. The summed E-state index contributed by atoms with van der Waals surface area (Å²) in [7, 11) is 0. The van der Waals surface area contributed by atoms with Gasteiger partial charge in [0.15, 0.2) is 0 Å². The van der Waals surface area contributed by atoms with E-state index in [1.807, 2.05) is 27.7 Å².